The topological polar surface area (TPSA) is 32.3 Å². The molecule has 0 aliphatic heterocycles. The van der Waals surface area contributed by atoms with E-state index in [0.29, 0.717) is 11.6 Å². The minimum Gasteiger partial charge on any atom is -0.508 e. The van der Waals surface area contributed by atoms with Crippen molar-refractivity contribution in [2.45, 2.75) is 6.54 Å². The number of nitrogens with one attached hydrogen (secondary N) is 1. The monoisotopic (exact) mass is 311 g/mol. The summed E-state index contributed by atoms with van der Waals surface area (Å²) in [4.78, 5) is 0. The Morgan fingerprint density at radius 1 is 1.18 bits per heavy atom. The van der Waals surface area contributed by atoms with Crippen LogP contribution in [0.3, 0.4) is 0 Å². The second-order valence-electron chi connectivity index (χ2n) is 3.65. The van der Waals surface area contributed by atoms with Gasteiger partial charge in [-0.25, -0.2) is 0 Å². The first-order chi connectivity index (χ1) is 8.15. The van der Waals surface area contributed by atoms with Crippen molar-refractivity contribution in [1.29, 1.82) is 0 Å². The number of benzene rings is 2. The third kappa shape index (κ3) is 3.38. The molecule has 0 atom stereocenters. The summed E-state index contributed by atoms with van der Waals surface area (Å²) in [5, 5.41) is 13.3. The van der Waals surface area contributed by atoms with Gasteiger partial charge in [0, 0.05) is 16.7 Å². The largest absolute Gasteiger partial charge is 0.508 e. The van der Waals surface area contributed by atoms with Crippen molar-refractivity contribution < 1.29 is 5.11 Å². The summed E-state index contributed by atoms with van der Waals surface area (Å²) < 4.78 is 0.861. The molecule has 0 aromatic heterocycles. The molecule has 2 rings (SSSR count). The molecule has 0 aliphatic rings. The van der Waals surface area contributed by atoms with Crippen LogP contribution in [-0.4, -0.2) is 5.11 Å². The van der Waals surface area contributed by atoms with Crippen molar-refractivity contribution in [1.82, 2.24) is 0 Å². The molecule has 4 heteroatoms. The summed E-state index contributed by atoms with van der Waals surface area (Å²) in [5.41, 5.74) is 2.00. The average molecular weight is 313 g/mol. The van der Waals surface area contributed by atoms with Crippen LogP contribution >= 0.6 is 27.5 Å². The van der Waals surface area contributed by atoms with Gasteiger partial charge in [-0.2, -0.15) is 0 Å². The molecule has 0 radical (unpaired) electrons. The first kappa shape index (κ1) is 12.3. The minimum atomic E-state index is 0.279. The Morgan fingerprint density at radius 3 is 2.71 bits per heavy atom. The predicted molar refractivity (Wildman–Crippen MR) is 74.6 cm³/mol. The Morgan fingerprint density at radius 2 is 2.00 bits per heavy atom. The van der Waals surface area contributed by atoms with Crippen LogP contribution in [0.15, 0.2) is 46.9 Å². The van der Waals surface area contributed by atoms with E-state index in [1.54, 1.807) is 12.1 Å². The molecule has 88 valence electrons. The van der Waals surface area contributed by atoms with Gasteiger partial charge < -0.3 is 10.4 Å². The van der Waals surface area contributed by atoms with Gasteiger partial charge in [-0.3, -0.25) is 0 Å². The Balaban J connectivity index is 2.05. The molecule has 2 aromatic carbocycles. The quantitative estimate of drug-likeness (QED) is 0.879. The number of hydrogen-bond donors (Lipinski definition) is 2. The lowest BCUT2D eigenvalue weighted by molar-refractivity contribution is 0.474. The fourth-order valence-electron chi connectivity index (χ4n) is 1.48. The van der Waals surface area contributed by atoms with E-state index in [9.17, 15) is 5.11 Å². The van der Waals surface area contributed by atoms with Crippen LogP contribution in [-0.2, 0) is 6.54 Å². The third-order valence-corrected chi connectivity index (χ3v) is 3.54. The third-order valence-electron chi connectivity index (χ3n) is 2.33. The maximum absolute atomic E-state index is 9.34. The van der Waals surface area contributed by atoms with Crippen molar-refractivity contribution in [3.8, 4) is 5.75 Å². The second kappa shape index (κ2) is 5.43. The molecule has 0 saturated carbocycles. The van der Waals surface area contributed by atoms with E-state index in [2.05, 4.69) is 21.2 Å². The summed E-state index contributed by atoms with van der Waals surface area (Å²) in [7, 11) is 0. The number of rotatable bonds is 3. The summed E-state index contributed by atoms with van der Waals surface area (Å²) in [6.45, 7) is 0.655. The fraction of sp³-hybridized carbons (Fsp3) is 0.0769. The van der Waals surface area contributed by atoms with E-state index in [4.69, 9.17) is 11.6 Å². The van der Waals surface area contributed by atoms with Crippen LogP contribution in [0.25, 0.3) is 0 Å². The van der Waals surface area contributed by atoms with Crippen molar-refractivity contribution in [3.05, 3.63) is 57.5 Å². The zero-order valence-electron chi connectivity index (χ0n) is 8.95. The van der Waals surface area contributed by atoms with Crippen LogP contribution in [0, 0.1) is 0 Å². The molecular formula is C13H11BrClNO. The van der Waals surface area contributed by atoms with E-state index in [1.807, 2.05) is 30.3 Å². The van der Waals surface area contributed by atoms with Gasteiger partial charge in [-0.1, -0.05) is 23.7 Å². The van der Waals surface area contributed by atoms with Crippen molar-refractivity contribution in [3.63, 3.8) is 0 Å². The van der Waals surface area contributed by atoms with E-state index in [1.165, 1.54) is 0 Å². The number of halogens is 2. The molecule has 0 bridgehead atoms. The molecule has 0 saturated heterocycles. The lowest BCUT2D eigenvalue weighted by atomic mass is 10.2. The lowest BCUT2D eigenvalue weighted by Crippen LogP contribution is -1.98. The number of aromatic hydroxyl groups is 1. The highest BCUT2D eigenvalue weighted by molar-refractivity contribution is 9.10. The maximum Gasteiger partial charge on any atom is 0.115 e. The van der Waals surface area contributed by atoms with Crippen LogP contribution < -0.4 is 5.32 Å². The molecular weight excluding hydrogens is 302 g/mol. The standard InChI is InChI=1S/C13H11BrClNO/c14-12-7-10(4-5-13(12)15)16-8-9-2-1-3-11(17)6-9/h1-7,16-17H,8H2. The molecule has 0 unspecified atom stereocenters. The molecule has 0 fully saturated rings. The SMILES string of the molecule is Oc1cccc(CNc2ccc(Cl)c(Br)c2)c1. The number of phenolic OH excluding ortho intramolecular Hbond substituents is 1. The summed E-state index contributed by atoms with van der Waals surface area (Å²) in [6, 6.07) is 12.8. The number of phenols is 1. The van der Waals surface area contributed by atoms with Crippen LogP contribution in [0.2, 0.25) is 5.02 Å². The van der Waals surface area contributed by atoms with E-state index in [0.717, 1.165) is 15.7 Å². The molecule has 2 nitrogen and oxygen atoms in total. The molecule has 0 heterocycles. The normalized spacial score (nSPS) is 10.2. The average Bonchev–Trinajstić information content (AvgIpc) is 2.31. The number of anilines is 1. The zero-order chi connectivity index (χ0) is 12.3. The number of hydrogen-bond acceptors (Lipinski definition) is 2. The van der Waals surface area contributed by atoms with E-state index < -0.39 is 0 Å². The van der Waals surface area contributed by atoms with Gasteiger partial charge in [0.15, 0.2) is 0 Å². The molecule has 2 aromatic rings. The van der Waals surface area contributed by atoms with Crippen LogP contribution in [0.4, 0.5) is 5.69 Å². The van der Waals surface area contributed by atoms with E-state index in [-0.39, 0.29) is 5.75 Å². The van der Waals surface area contributed by atoms with Gasteiger partial charge in [0.25, 0.3) is 0 Å². The van der Waals surface area contributed by atoms with Crippen molar-refractivity contribution in [2.75, 3.05) is 5.32 Å². The van der Waals surface area contributed by atoms with Crippen LogP contribution in [0.1, 0.15) is 5.56 Å². The van der Waals surface area contributed by atoms with Crippen molar-refractivity contribution in [2.24, 2.45) is 0 Å². The molecule has 0 spiro atoms. The van der Waals surface area contributed by atoms with E-state index >= 15 is 0 Å². The highest BCUT2D eigenvalue weighted by atomic mass is 79.9. The highest BCUT2D eigenvalue weighted by Crippen LogP contribution is 2.25. The van der Waals surface area contributed by atoms with Gasteiger partial charge >= 0.3 is 0 Å². The first-order valence-electron chi connectivity index (χ1n) is 5.12. The smallest absolute Gasteiger partial charge is 0.115 e. The summed E-state index contributed by atoms with van der Waals surface area (Å²) in [6.07, 6.45) is 0. The zero-order valence-corrected chi connectivity index (χ0v) is 11.3. The van der Waals surface area contributed by atoms with Gasteiger partial charge in [-0.05, 0) is 51.8 Å². The van der Waals surface area contributed by atoms with Crippen LogP contribution in [0.5, 0.6) is 5.75 Å². The molecule has 17 heavy (non-hydrogen) atoms. The molecule has 0 aliphatic carbocycles. The molecule has 0 amide bonds. The Kier molecular flexibility index (Phi) is 3.92. The predicted octanol–water partition coefficient (Wildman–Crippen LogP) is 4.42. The van der Waals surface area contributed by atoms with Gasteiger partial charge in [0.1, 0.15) is 5.75 Å². The molecule has 2 N–H and O–H groups in total. The summed E-state index contributed by atoms with van der Waals surface area (Å²) in [5.74, 6) is 0.279. The Labute approximate surface area is 113 Å². The fourth-order valence-corrected chi connectivity index (χ4v) is 1.97. The summed E-state index contributed by atoms with van der Waals surface area (Å²) >= 11 is 9.28. The van der Waals surface area contributed by atoms with Gasteiger partial charge in [0.2, 0.25) is 0 Å². The van der Waals surface area contributed by atoms with Crippen molar-refractivity contribution >= 4 is 33.2 Å². The van der Waals surface area contributed by atoms with Gasteiger partial charge in [-0.15, -0.1) is 0 Å². The lowest BCUT2D eigenvalue weighted by Gasteiger charge is -2.08. The first-order valence-corrected chi connectivity index (χ1v) is 6.29. The van der Waals surface area contributed by atoms with Gasteiger partial charge in [0.05, 0.1) is 5.02 Å². The minimum absolute atomic E-state index is 0.279. The Bertz CT molecular complexity index is 531. The highest BCUT2D eigenvalue weighted by Gasteiger charge is 1.99. The maximum atomic E-state index is 9.34. The second-order valence-corrected chi connectivity index (χ2v) is 4.91. The Hall–Kier alpha value is -1.19.